The summed E-state index contributed by atoms with van der Waals surface area (Å²) in [6, 6.07) is 7.29. The van der Waals surface area contributed by atoms with E-state index < -0.39 is 11.7 Å². The van der Waals surface area contributed by atoms with Crippen molar-refractivity contribution < 1.29 is 18.0 Å². The van der Waals surface area contributed by atoms with Crippen LogP contribution in [0.5, 0.6) is 0 Å². The molecule has 3 aromatic rings. The maximum absolute atomic E-state index is 12.8. The zero-order valence-electron chi connectivity index (χ0n) is 11.3. The Morgan fingerprint density at radius 3 is 2.59 bits per heavy atom. The van der Waals surface area contributed by atoms with Gasteiger partial charge in [-0.1, -0.05) is 6.07 Å². The van der Waals surface area contributed by atoms with Gasteiger partial charge in [-0.25, -0.2) is 0 Å². The minimum Gasteiger partial charge on any atom is -0.354 e. The molecule has 6 heteroatoms. The molecule has 0 spiro atoms. The van der Waals surface area contributed by atoms with E-state index in [1.54, 1.807) is 12.1 Å². The first kappa shape index (κ1) is 13.2. The lowest BCUT2D eigenvalue weighted by molar-refractivity contribution is -0.137. The monoisotopic (exact) mass is 304 g/mol. The van der Waals surface area contributed by atoms with Crippen LogP contribution in [0.4, 0.5) is 18.9 Å². The summed E-state index contributed by atoms with van der Waals surface area (Å²) in [7, 11) is 0. The number of carbonyl (C=O) groups excluding carboxylic acids is 1. The molecular weight excluding hydrogens is 293 g/mol. The fourth-order valence-corrected chi connectivity index (χ4v) is 3.07. The minimum atomic E-state index is -4.36. The fourth-order valence-electron chi connectivity index (χ4n) is 3.07. The molecule has 0 saturated carbocycles. The van der Waals surface area contributed by atoms with Crippen LogP contribution in [0, 0.1) is 0 Å². The number of amides is 1. The molecule has 0 radical (unpaired) electrons. The highest BCUT2D eigenvalue weighted by Crippen LogP contribution is 2.38. The number of H-pyrrole nitrogens is 1. The van der Waals surface area contributed by atoms with Crippen molar-refractivity contribution in [1.82, 2.24) is 4.98 Å². The van der Waals surface area contributed by atoms with E-state index in [4.69, 9.17) is 0 Å². The van der Waals surface area contributed by atoms with Crippen LogP contribution in [0.2, 0.25) is 0 Å². The first-order chi connectivity index (χ1) is 10.4. The molecule has 2 heterocycles. The molecule has 112 valence electrons. The van der Waals surface area contributed by atoms with Crippen LogP contribution in [0.25, 0.3) is 21.8 Å². The quantitative estimate of drug-likeness (QED) is 0.641. The van der Waals surface area contributed by atoms with E-state index >= 15 is 0 Å². The number of aryl methyl sites for hydroxylation is 1. The van der Waals surface area contributed by atoms with Crippen molar-refractivity contribution in [3.8, 4) is 0 Å². The standard InChI is InChI=1S/C16H11F3N2O/c17-16(18,19)8-1-2-10-13(7-8)20-12-5-4-11-9(15(10)12)3-6-14(22)21-11/h1-2,4-5,7,20H,3,6H2,(H,21,22). The van der Waals surface area contributed by atoms with Gasteiger partial charge in [-0.15, -0.1) is 0 Å². The zero-order chi connectivity index (χ0) is 15.5. The second kappa shape index (κ2) is 4.25. The molecule has 1 aliphatic heterocycles. The predicted molar refractivity (Wildman–Crippen MR) is 77.8 cm³/mol. The van der Waals surface area contributed by atoms with E-state index in [1.807, 2.05) is 0 Å². The SMILES string of the molecule is O=C1CCc2c(ccc3[nH]c4cc(C(F)(F)F)ccc4c23)N1. The van der Waals surface area contributed by atoms with Crippen LogP contribution in [0.1, 0.15) is 17.5 Å². The van der Waals surface area contributed by atoms with Crippen LogP contribution >= 0.6 is 0 Å². The third-order valence-electron chi connectivity index (χ3n) is 4.07. The summed E-state index contributed by atoms with van der Waals surface area (Å²) in [4.78, 5) is 14.5. The van der Waals surface area contributed by atoms with Crippen molar-refractivity contribution in [2.75, 3.05) is 5.32 Å². The Kier molecular flexibility index (Phi) is 2.55. The lowest BCUT2D eigenvalue weighted by Gasteiger charge is -2.17. The molecule has 0 unspecified atom stereocenters. The average molecular weight is 304 g/mol. The van der Waals surface area contributed by atoms with Crippen molar-refractivity contribution in [3.63, 3.8) is 0 Å². The highest BCUT2D eigenvalue weighted by atomic mass is 19.4. The Hall–Kier alpha value is -2.50. The molecule has 0 atom stereocenters. The number of aromatic nitrogens is 1. The summed E-state index contributed by atoms with van der Waals surface area (Å²) < 4.78 is 38.5. The molecule has 1 aromatic heterocycles. The number of benzene rings is 2. The maximum atomic E-state index is 12.8. The van der Waals surface area contributed by atoms with Crippen LogP contribution in [0.15, 0.2) is 30.3 Å². The summed E-state index contributed by atoms with van der Waals surface area (Å²) in [5.41, 5.74) is 2.28. The van der Waals surface area contributed by atoms with Crippen LogP contribution in [0.3, 0.4) is 0 Å². The molecule has 2 N–H and O–H groups in total. The number of alkyl halides is 3. The summed E-state index contributed by atoms with van der Waals surface area (Å²) in [6.45, 7) is 0. The molecule has 2 aromatic carbocycles. The zero-order valence-corrected chi connectivity index (χ0v) is 11.3. The molecule has 1 aliphatic rings. The van der Waals surface area contributed by atoms with E-state index in [2.05, 4.69) is 10.3 Å². The molecule has 1 amide bonds. The van der Waals surface area contributed by atoms with Crippen molar-refractivity contribution in [2.24, 2.45) is 0 Å². The predicted octanol–water partition coefficient (Wildman–Crippen LogP) is 4.22. The Balaban J connectivity index is 2.01. The minimum absolute atomic E-state index is 0.0361. The van der Waals surface area contributed by atoms with Crippen molar-refractivity contribution >= 4 is 33.4 Å². The molecule has 4 rings (SSSR count). The lowest BCUT2D eigenvalue weighted by Crippen LogP contribution is -2.18. The van der Waals surface area contributed by atoms with E-state index in [0.29, 0.717) is 18.4 Å². The second-order valence-corrected chi connectivity index (χ2v) is 5.45. The summed E-state index contributed by atoms with van der Waals surface area (Å²) in [5.74, 6) is -0.0361. The first-order valence-electron chi connectivity index (χ1n) is 6.88. The first-order valence-corrected chi connectivity index (χ1v) is 6.88. The number of fused-ring (bicyclic) bond motifs is 5. The van der Waals surface area contributed by atoms with E-state index in [1.165, 1.54) is 6.07 Å². The van der Waals surface area contributed by atoms with Crippen molar-refractivity contribution in [2.45, 2.75) is 19.0 Å². The van der Waals surface area contributed by atoms with Gasteiger partial charge in [0.1, 0.15) is 0 Å². The van der Waals surface area contributed by atoms with E-state index in [9.17, 15) is 18.0 Å². The van der Waals surface area contributed by atoms with Crippen LogP contribution in [-0.4, -0.2) is 10.9 Å². The van der Waals surface area contributed by atoms with Gasteiger partial charge in [0.15, 0.2) is 0 Å². The Bertz CT molecular complexity index is 924. The lowest BCUT2D eigenvalue weighted by atomic mass is 9.97. The van der Waals surface area contributed by atoms with Gasteiger partial charge in [-0.05, 0) is 36.2 Å². The molecule has 3 nitrogen and oxygen atoms in total. The van der Waals surface area contributed by atoms with E-state index in [0.717, 1.165) is 39.7 Å². The largest absolute Gasteiger partial charge is 0.416 e. The van der Waals surface area contributed by atoms with E-state index in [-0.39, 0.29) is 5.91 Å². The summed E-state index contributed by atoms with van der Waals surface area (Å²) in [6.07, 6.45) is -3.38. The number of halogens is 3. The molecule has 0 fully saturated rings. The Morgan fingerprint density at radius 1 is 1.00 bits per heavy atom. The van der Waals surface area contributed by atoms with Crippen LogP contribution < -0.4 is 5.32 Å². The number of rotatable bonds is 0. The molecule has 0 saturated heterocycles. The van der Waals surface area contributed by atoms with Gasteiger partial charge in [0, 0.05) is 33.9 Å². The normalized spacial score (nSPS) is 15.1. The molecule has 22 heavy (non-hydrogen) atoms. The summed E-state index contributed by atoms with van der Waals surface area (Å²) in [5, 5.41) is 4.45. The van der Waals surface area contributed by atoms with Crippen molar-refractivity contribution in [1.29, 1.82) is 0 Å². The van der Waals surface area contributed by atoms with Crippen molar-refractivity contribution in [3.05, 3.63) is 41.5 Å². The molecule has 0 bridgehead atoms. The second-order valence-electron chi connectivity index (χ2n) is 5.45. The third kappa shape index (κ3) is 1.87. The topological polar surface area (TPSA) is 44.9 Å². The van der Waals surface area contributed by atoms with Gasteiger partial charge in [0.25, 0.3) is 0 Å². The fraction of sp³-hybridized carbons (Fsp3) is 0.188. The number of nitrogens with one attached hydrogen (secondary N) is 2. The van der Waals surface area contributed by atoms with Gasteiger partial charge >= 0.3 is 6.18 Å². The van der Waals surface area contributed by atoms with Gasteiger partial charge < -0.3 is 10.3 Å². The average Bonchev–Trinajstić information content (AvgIpc) is 2.83. The molecule has 0 aliphatic carbocycles. The number of aromatic amines is 1. The number of anilines is 1. The van der Waals surface area contributed by atoms with Crippen LogP contribution in [-0.2, 0) is 17.4 Å². The highest BCUT2D eigenvalue weighted by molar-refractivity contribution is 6.12. The number of hydrogen-bond acceptors (Lipinski definition) is 1. The third-order valence-corrected chi connectivity index (χ3v) is 4.07. The highest BCUT2D eigenvalue weighted by Gasteiger charge is 2.31. The Labute approximate surface area is 123 Å². The molecular formula is C16H11F3N2O. The smallest absolute Gasteiger partial charge is 0.354 e. The van der Waals surface area contributed by atoms with Gasteiger partial charge in [-0.2, -0.15) is 13.2 Å². The van der Waals surface area contributed by atoms with Gasteiger partial charge in [0.2, 0.25) is 5.91 Å². The maximum Gasteiger partial charge on any atom is 0.416 e. The number of hydrogen-bond donors (Lipinski definition) is 2. The number of carbonyl (C=O) groups is 1. The van der Waals surface area contributed by atoms with Gasteiger partial charge in [0.05, 0.1) is 5.56 Å². The summed E-state index contributed by atoms with van der Waals surface area (Å²) >= 11 is 0. The Morgan fingerprint density at radius 2 is 1.82 bits per heavy atom. The van der Waals surface area contributed by atoms with Gasteiger partial charge in [-0.3, -0.25) is 4.79 Å².